The van der Waals surface area contributed by atoms with E-state index in [-0.39, 0.29) is 11.7 Å². The van der Waals surface area contributed by atoms with Crippen LogP contribution in [0.4, 0.5) is 4.39 Å². The summed E-state index contributed by atoms with van der Waals surface area (Å²) in [6.07, 6.45) is 5.06. The van der Waals surface area contributed by atoms with Crippen molar-refractivity contribution in [3.63, 3.8) is 0 Å². The van der Waals surface area contributed by atoms with E-state index >= 15 is 0 Å². The molecule has 0 saturated heterocycles. The lowest BCUT2D eigenvalue weighted by Crippen LogP contribution is -2.21. The Morgan fingerprint density at radius 2 is 2.22 bits per heavy atom. The summed E-state index contributed by atoms with van der Waals surface area (Å²) in [4.78, 5) is 0. The van der Waals surface area contributed by atoms with Gasteiger partial charge in [0, 0.05) is 12.5 Å². The van der Waals surface area contributed by atoms with Gasteiger partial charge in [0.05, 0.1) is 11.9 Å². The second kappa shape index (κ2) is 4.53. The predicted octanol–water partition coefficient (Wildman–Crippen LogP) is 2.39. The number of halogens is 1. The molecule has 0 spiro atoms. The van der Waals surface area contributed by atoms with Crippen LogP contribution in [0.25, 0.3) is 5.69 Å². The van der Waals surface area contributed by atoms with Gasteiger partial charge in [0.15, 0.2) is 0 Å². The average Bonchev–Trinajstić information content (AvgIpc) is 2.83. The molecule has 94 valence electrons. The number of benzene rings is 1. The van der Waals surface area contributed by atoms with E-state index in [1.807, 2.05) is 12.3 Å². The molecule has 3 nitrogen and oxygen atoms in total. The molecule has 2 N–H and O–H groups in total. The minimum atomic E-state index is -0.246. The summed E-state index contributed by atoms with van der Waals surface area (Å²) in [6, 6.07) is 6.73. The molecule has 0 fully saturated rings. The molecule has 3 rings (SSSR count). The van der Waals surface area contributed by atoms with Gasteiger partial charge in [-0.05, 0) is 37.0 Å². The van der Waals surface area contributed by atoms with Crippen molar-refractivity contribution in [1.29, 1.82) is 0 Å². The van der Waals surface area contributed by atoms with Crippen LogP contribution in [-0.4, -0.2) is 16.3 Å². The number of nitrogens with two attached hydrogens (primary N) is 1. The highest BCUT2D eigenvalue weighted by Crippen LogP contribution is 2.32. The summed E-state index contributed by atoms with van der Waals surface area (Å²) in [5.74, 6) is 0.0422. The molecule has 0 aliphatic heterocycles. The van der Waals surface area contributed by atoms with Crippen LogP contribution in [0, 0.1) is 5.82 Å². The first-order valence-corrected chi connectivity index (χ1v) is 6.33. The van der Waals surface area contributed by atoms with Gasteiger partial charge in [-0.15, -0.1) is 0 Å². The van der Waals surface area contributed by atoms with Crippen molar-refractivity contribution in [2.24, 2.45) is 5.73 Å². The zero-order chi connectivity index (χ0) is 12.5. The number of hydrogen-bond acceptors (Lipinski definition) is 2. The molecule has 1 aliphatic rings. The number of aromatic nitrogens is 2. The summed E-state index contributed by atoms with van der Waals surface area (Å²) in [5.41, 5.74) is 8.64. The highest BCUT2D eigenvalue weighted by Gasteiger charge is 2.25. The minimum absolute atomic E-state index is 0.246. The van der Waals surface area contributed by atoms with Crippen molar-refractivity contribution < 1.29 is 4.39 Å². The van der Waals surface area contributed by atoms with Crippen LogP contribution >= 0.6 is 0 Å². The first-order valence-electron chi connectivity index (χ1n) is 6.33. The standard InChI is InChI=1S/C14H16FN3/c15-12-6-1-2-7-13(12)18-14-10(8-16)4-3-5-11(14)9-17-18/h1-2,6-7,9-10H,3-5,8,16H2. The van der Waals surface area contributed by atoms with Crippen LogP contribution in [0.1, 0.15) is 30.0 Å². The van der Waals surface area contributed by atoms with E-state index in [1.54, 1.807) is 16.8 Å². The number of hydrogen-bond donors (Lipinski definition) is 1. The van der Waals surface area contributed by atoms with E-state index in [0.717, 1.165) is 25.0 Å². The quantitative estimate of drug-likeness (QED) is 0.882. The summed E-state index contributed by atoms with van der Waals surface area (Å²) in [7, 11) is 0. The number of nitrogens with zero attached hydrogens (tertiary/aromatic N) is 2. The first kappa shape index (κ1) is 11.4. The highest BCUT2D eigenvalue weighted by atomic mass is 19.1. The largest absolute Gasteiger partial charge is 0.330 e. The van der Waals surface area contributed by atoms with Crippen LogP contribution in [0.5, 0.6) is 0 Å². The SMILES string of the molecule is NCC1CCCc2cnn(-c3ccccc3F)c21. The highest BCUT2D eigenvalue weighted by molar-refractivity contribution is 5.38. The Kier molecular flexibility index (Phi) is 2.88. The Morgan fingerprint density at radius 1 is 1.39 bits per heavy atom. The lowest BCUT2D eigenvalue weighted by Gasteiger charge is -2.23. The van der Waals surface area contributed by atoms with Crippen LogP contribution in [0.15, 0.2) is 30.5 Å². The number of para-hydroxylation sites is 1. The first-order chi connectivity index (χ1) is 8.81. The molecule has 1 atom stereocenters. The maximum atomic E-state index is 13.9. The Labute approximate surface area is 105 Å². The minimum Gasteiger partial charge on any atom is -0.330 e. The van der Waals surface area contributed by atoms with E-state index in [1.165, 1.54) is 11.6 Å². The molecule has 1 aromatic heterocycles. The summed E-state index contributed by atoms with van der Waals surface area (Å²) in [5, 5.41) is 4.35. The fourth-order valence-electron chi connectivity index (χ4n) is 2.74. The molecule has 1 unspecified atom stereocenters. The van der Waals surface area contributed by atoms with Gasteiger partial charge in [0.2, 0.25) is 0 Å². The van der Waals surface area contributed by atoms with Crippen molar-refractivity contribution in [2.75, 3.05) is 6.54 Å². The van der Waals surface area contributed by atoms with Gasteiger partial charge in [-0.2, -0.15) is 5.10 Å². The molecule has 4 heteroatoms. The maximum absolute atomic E-state index is 13.9. The second-order valence-electron chi connectivity index (χ2n) is 4.74. The molecule has 0 amide bonds. The van der Waals surface area contributed by atoms with Crippen molar-refractivity contribution in [3.8, 4) is 5.69 Å². The Morgan fingerprint density at radius 3 is 3.00 bits per heavy atom. The normalized spacial score (nSPS) is 18.7. The van der Waals surface area contributed by atoms with Crippen LogP contribution in [0.2, 0.25) is 0 Å². The van der Waals surface area contributed by atoms with Crippen molar-refractivity contribution in [2.45, 2.75) is 25.2 Å². The number of fused-ring (bicyclic) bond motifs is 1. The smallest absolute Gasteiger partial charge is 0.148 e. The van der Waals surface area contributed by atoms with Crippen LogP contribution in [0.3, 0.4) is 0 Å². The molecular weight excluding hydrogens is 229 g/mol. The van der Waals surface area contributed by atoms with Gasteiger partial charge in [-0.1, -0.05) is 12.1 Å². The fourth-order valence-corrected chi connectivity index (χ4v) is 2.74. The molecule has 1 aromatic carbocycles. The second-order valence-corrected chi connectivity index (χ2v) is 4.74. The Bertz CT molecular complexity index is 562. The third-order valence-electron chi connectivity index (χ3n) is 3.64. The third-order valence-corrected chi connectivity index (χ3v) is 3.64. The summed E-state index contributed by atoms with van der Waals surface area (Å²) < 4.78 is 15.6. The van der Waals surface area contributed by atoms with E-state index in [9.17, 15) is 4.39 Å². The van der Waals surface area contributed by atoms with Gasteiger partial charge >= 0.3 is 0 Å². The molecule has 0 saturated carbocycles. The van der Waals surface area contributed by atoms with E-state index in [4.69, 9.17) is 5.73 Å². The van der Waals surface area contributed by atoms with E-state index < -0.39 is 0 Å². The molecule has 0 radical (unpaired) electrons. The van der Waals surface area contributed by atoms with Gasteiger partial charge in [-0.3, -0.25) is 0 Å². The molecule has 1 heterocycles. The molecule has 0 bridgehead atoms. The number of aryl methyl sites for hydroxylation is 1. The zero-order valence-corrected chi connectivity index (χ0v) is 10.1. The summed E-state index contributed by atoms with van der Waals surface area (Å²) in [6.45, 7) is 0.590. The van der Waals surface area contributed by atoms with Crippen molar-refractivity contribution >= 4 is 0 Å². The van der Waals surface area contributed by atoms with Gasteiger partial charge in [0.25, 0.3) is 0 Å². The monoisotopic (exact) mass is 245 g/mol. The molecule has 1 aliphatic carbocycles. The maximum Gasteiger partial charge on any atom is 0.148 e. The lowest BCUT2D eigenvalue weighted by molar-refractivity contribution is 0.527. The van der Waals surface area contributed by atoms with Crippen LogP contribution < -0.4 is 5.73 Å². The average molecular weight is 245 g/mol. The number of rotatable bonds is 2. The Hall–Kier alpha value is -1.68. The third kappa shape index (κ3) is 1.73. The zero-order valence-electron chi connectivity index (χ0n) is 10.1. The topological polar surface area (TPSA) is 43.8 Å². The van der Waals surface area contributed by atoms with Crippen LogP contribution in [-0.2, 0) is 6.42 Å². The van der Waals surface area contributed by atoms with Gasteiger partial charge in [-0.25, -0.2) is 9.07 Å². The summed E-state index contributed by atoms with van der Waals surface area (Å²) >= 11 is 0. The van der Waals surface area contributed by atoms with E-state index in [0.29, 0.717) is 12.2 Å². The predicted molar refractivity (Wildman–Crippen MR) is 68.3 cm³/mol. The van der Waals surface area contributed by atoms with Gasteiger partial charge < -0.3 is 5.73 Å². The van der Waals surface area contributed by atoms with E-state index in [2.05, 4.69) is 5.10 Å². The van der Waals surface area contributed by atoms with Crippen molar-refractivity contribution in [3.05, 3.63) is 47.5 Å². The van der Waals surface area contributed by atoms with Gasteiger partial charge in [0.1, 0.15) is 11.5 Å². The molecular formula is C14H16FN3. The van der Waals surface area contributed by atoms with Crippen molar-refractivity contribution in [1.82, 2.24) is 9.78 Å². The fraction of sp³-hybridized carbons (Fsp3) is 0.357. The Balaban J connectivity index is 2.14. The lowest BCUT2D eigenvalue weighted by atomic mass is 9.88. The molecule has 2 aromatic rings. The molecule has 18 heavy (non-hydrogen) atoms.